The van der Waals surface area contributed by atoms with E-state index in [4.69, 9.17) is 14.2 Å². The second kappa shape index (κ2) is 8.79. The molecule has 152 valence electrons. The molecule has 1 aliphatic heterocycles. The number of carbonyl (C=O) groups excluding carboxylic acids is 2. The van der Waals surface area contributed by atoms with Gasteiger partial charge < -0.3 is 14.2 Å². The normalized spacial score (nSPS) is 12.2. The summed E-state index contributed by atoms with van der Waals surface area (Å²) in [6.45, 7) is 2.19. The minimum Gasteiger partial charge on any atom is -0.462 e. The number of carbonyl (C=O) groups is 2. The van der Waals surface area contributed by atoms with Crippen LogP contribution < -0.4 is 14.8 Å². The van der Waals surface area contributed by atoms with Crippen molar-refractivity contribution < 1.29 is 23.8 Å². The molecule has 0 radical (unpaired) electrons. The largest absolute Gasteiger partial charge is 0.462 e. The molecule has 0 bridgehead atoms. The molecule has 1 aromatic heterocycles. The van der Waals surface area contributed by atoms with Crippen molar-refractivity contribution in [3.63, 3.8) is 0 Å². The minimum absolute atomic E-state index is 0.194. The van der Waals surface area contributed by atoms with E-state index in [9.17, 15) is 9.59 Å². The number of esters is 1. The molecule has 1 N–H and O–H groups in total. The zero-order valence-electron chi connectivity index (χ0n) is 16.1. The lowest BCUT2D eigenvalue weighted by molar-refractivity contribution is -0.111. The Kier molecular flexibility index (Phi) is 5.76. The van der Waals surface area contributed by atoms with Crippen molar-refractivity contribution in [1.82, 2.24) is 4.98 Å². The Morgan fingerprint density at radius 3 is 2.77 bits per heavy atom. The zero-order valence-corrected chi connectivity index (χ0v) is 16.9. The Morgan fingerprint density at radius 1 is 1.17 bits per heavy atom. The number of anilines is 1. The van der Waals surface area contributed by atoms with Gasteiger partial charge in [-0.1, -0.05) is 47.7 Å². The average Bonchev–Trinajstić information content (AvgIpc) is 3.39. The summed E-state index contributed by atoms with van der Waals surface area (Å²) in [5, 5.41) is 3.03. The summed E-state index contributed by atoms with van der Waals surface area (Å²) < 4.78 is 15.7. The number of hydrogen-bond donors (Lipinski definition) is 1. The number of hydrogen-bond acceptors (Lipinski definition) is 7. The predicted molar refractivity (Wildman–Crippen MR) is 114 cm³/mol. The first kappa shape index (κ1) is 19.7. The summed E-state index contributed by atoms with van der Waals surface area (Å²) >= 11 is 1.08. The summed E-state index contributed by atoms with van der Waals surface area (Å²) in [6.07, 6.45) is 3.06. The molecular formula is C22H18N2O5S. The summed E-state index contributed by atoms with van der Waals surface area (Å²) in [6, 6.07) is 14.7. The molecule has 0 unspecified atom stereocenters. The van der Waals surface area contributed by atoms with Gasteiger partial charge in [-0.25, -0.2) is 9.78 Å². The molecule has 2 heterocycles. The molecule has 0 aliphatic carbocycles. The van der Waals surface area contributed by atoms with Crippen LogP contribution in [0.25, 0.3) is 17.3 Å². The Morgan fingerprint density at radius 2 is 1.97 bits per heavy atom. The Balaban J connectivity index is 1.52. The van der Waals surface area contributed by atoms with Crippen LogP contribution in [-0.4, -0.2) is 30.3 Å². The maximum absolute atomic E-state index is 12.4. The van der Waals surface area contributed by atoms with Crippen molar-refractivity contribution in [3.05, 3.63) is 65.0 Å². The smallest absolute Gasteiger partial charge is 0.350 e. The molecule has 0 atom stereocenters. The van der Waals surface area contributed by atoms with Gasteiger partial charge in [-0.3, -0.25) is 10.1 Å². The summed E-state index contributed by atoms with van der Waals surface area (Å²) in [5.41, 5.74) is 2.05. The fraction of sp³-hybridized carbons (Fsp3) is 0.136. The fourth-order valence-corrected chi connectivity index (χ4v) is 3.72. The summed E-state index contributed by atoms with van der Waals surface area (Å²) in [7, 11) is 0. The van der Waals surface area contributed by atoms with Crippen LogP contribution in [0.1, 0.15) is 22.2 Å². The summed E-state index contributed by atoms with van der Waals surface area (Å²) in [5.74, 6) is 0.491. The summed E-state index contributed by atoms with van der Waals surface area (Å²) in [4.78, 5) is 29.5. The van der Waals surface area contributed by atoms with E-state index in [1.54, 1.807) is 25.1 Å². The Hall–Kier alpha value is -3.65. The quantitative estimate of drug-likeness (QED) is 0.469. The van der Waals surface area contributed by atoms with Gasteiger partial charge in [0.05, 0.1) is 12.3 Å². The molecule has 1 aliphatic rings. The highest BCUT2D eigenvalue weighted by Gasteiger charge is 2.21. The second-order valence-electron chi connectivity index (χ2n) is 6.22. The van der Waals surface area contributed by atoms with Crippen molar-refractivity contribution in [2.75, 3.05) is 18.7 Å². The molecule has 0 spiro atoms. The maximum atomic E-state index is 12.4. The first-order valence-electron chi connectivity index (χ1n) is 9.26. The van der Waals surface area contributed by atoms with Gasteiger partial charge in [-0.15, -0.1) is 0 Å². The number of thiazole rings is 1. The fourth-order valence-electron chi connectivity index (χ4n) is 2.84. The van der Waals surface area contributed by atoms with E-state index in [1.165, 1.54) is 6.08 Å². The van der Waals surface area contributed by atoms with Gasteiger partial charge in [0.1, 0.15) is 4.88 Å². The third kappa shape index (κ3) is 4.33. The van der Waals surface area contributed by atoms with Crippen molar-refractivity contribution >= 4 is 34.4 Å². The Bertz CT molecular complexity index is 1110. The third-order valence-corrected chi connectivity index (χ3v) is 5.14. The third-order valence-electron chi connectivity index (χ3n) is 4.19. The lowest BCUT2D eigenvalue weighted by atomic mass is 10.1. The molecule has 0 saturated carbocycles. The van der Waals surface area contributed by atoms with E-state index in [2.05, 4.69) is 10.3 Å². The van der Waals surface area contributed by atoms with Crippen molar-refractivity contribution in [1.29, 1.82) is 0 Å². The highest BCUT2D eigenvalue weighted by molar-refractivity contribution is 7.18. The number of ether oxygens (including phenoxy) is 3. The molecule has 0 saturated heterocycles. The topological polar surface area (TPSA) is 86.8 Å². The standard InChI is InChI=1S/C22H18N2O5S/c1-2-27-21(26)20-19(15-6-4-3-5-7-15)24-22(30-20)23-18(25)11-9-14-8-10-16-17(12-14)29-13-28-16/h3-12H,2,13H2,1H3,(H,23,24,25). The van der Waals surface area contributed by atoms with Crippen molar-refractivity contribution in [2.45, 2.75) is 6.92 Å². The van der Waals surface area contributed by atoms with E-state index in [0.29, 0.717) is 27.2 Å². The number of rotatable bonds is 6. The van der Waals surface area contributed by atoms with Crippen LogP contribution in [0.15, 0.2) is 54.6 Å². The average molecular weight is 422 g/mol. The number of fused-ring (bicyclic) bond motifs is 1. The van der Waals surface area contributed by atoms with Gasteiger partial charge in [0.2, 0.25) is 12.7 Å². The monoisotopic (exact) mass is 422 g/mol. The van der Waals surface area contributed by atoms with Crippen LogP contribution in [0, 0.1) is 0 Å². The molecular weight excluding hydrogens is 404 g/mol. The number of amides is 1. The Labute approximate surface area is 176 Å². The van der Waals surface area contributed by atoms with Crippen molar-refractivity contribution in [3.8, 4) is 22.8 Å². The predicted octanol–water partition coefficient (Wildman–Crippen LogP) is 4.37. The van der Waals surface area contributed by atoms with Crippen molar-refractivity contribution in [2.24, 2.45) is 0 Å². The number of benzene rings is 2. The van der Waals surface area contributed by atoms with Gasteiger partial charge in [-0.05, 0) is 30.7 Å². The molecule has 4 rings (SSSR count). The van der Waals surface area contributed by atoms with Gasteiger partial charge in [0, 0.05) is 11.6 Å². The van der Waals surface area contributed by atoms with Crippen LogP contribution >= 0.6 is 11.3 Å². The SMILES string of the molecule is CCOC(=O)c1sc(NC(=O)C=Cc2ccc3c(c2)OCO3)nc1-c1ccccc1. The van der Waals surface area contributed by atoms with Gasteiger partial charge in [0.15, 0.2) is 16.6 Å². The highest BCUT2D eigenvalue weighted by atomic mass is 32.1. The molecule has 1 amide bonds. The van der Waals surface area contributed by atoms with E-state index in [-0.39, 0.29) is 19.3 Å². The lowest BCUT2D eigenvalue weighted by Crippen LogP contribution is -2.07. The maximum Gasteiger partial charge on any atom is 0.350 e. The van der Waals surface area contributed by atoms with Gasteiger partial charge in [0.25, 0.3) is 0 Å². The molecule has 8 heteroatoms. The van der Waals surface area contributed by atoms with Gasteiger partial charge >= 0.3 is 5.97 Å². The zero-order chi connectivity index (χ0) is 20.9. The first-order valence-corrected chi connectivity index (χ1v) is 10.1. The van der Waals surface area contributed by atoms with Gasteiger partial charge in [-0.2, -0.15) is 0 Å². The van der Waals surface area contributed by atoms with Crippen LogP contribution in [0.2, 0.25) is 0 Å². The molecule has 0 fully saturated rings. The highest BCUT2D eigenvalue weighted by Crippen LogP contribution is 2.33. The van der Waals surface area contributed by atoms with E-state index >= 15 is 0 Å². The number of nitrogens with zero attached hydrogens (tertiary/aromatic N) is 1. The van der Waals surface area contributed by atoms with Crippen LogP contribution in [0.4, 0.5) is 5.13 Å². The van der Waals surface area contributed by atoms with Crippen LogP contribution in [-0.2, 0) is 9.53 Å². The number of aromatic nitrogens is 1. The molecule has 30 heavy (non-hydrogen) atoms. The molecule has 3 aromatic rings. The molecule has 2 aromatic carbocycles. The van der Waals surface area contributed by atoms with E-state index < -0.39 is 5.97 Å². The minimum atomic E-state index is -0.467. The van der Waals surface area contributed by atoms with E-state index in [1.807, 2.05) is 36.4 Å². The number of nitrogens with one attached hydrogen (secondary N) is 1. The second-order valence-corrected chi connectivity index (χ2v) is 7.22. The van der Waals surface area contributed by atoms with E-state index in [0.717, 1.165) is 22.5 Å². The lowest BCUT2D eigenvalue weighted by Gasteiger charge is -2.01. The van der Waals surface area contributed by atoms with Crippen LogP contribution in [0.3, 0.4) is 0 Å². The first-order chi connectivity index (χ1) is 14.6. The molecule has 7 nitrogen and oxygen atoms in total. The van der Waals surface area contributed by atoms with Crippen LogP contribution in [0.5, 0.6) is 11.5 Å².